The second-order valence-electron chi connectivity index (χ2n) is 5.48. The number of hydrogen-bond acceptors (Lipinski definition) is 2. The fourth-order valence-electron chi connectivity index (χ4n) is 2.37. The van der Waals surface area contributed by atoms with Crippen molar-refractivity contribution in [3.05, 3.63) is 89.7 Å². The van der Waals surface area contributed by atoms with E-state index in [0.717, 1.165) is 16.7 Å². The van der Waals surface area contributed by atoms with E-state index in [0.29, 0.717) is 12.1 Å². The Morgan fingerprint density at radius 2 is 1.70 bits per heavy atom. The second-order valence-corrected chi connectivity index (χ2v) is 5.48. The molecule has 114 valence electrons. The van der Waals surface area contributed by atoms with Crippen LogP contribution in [0.5, 0.6) is 0 Å². The molecule has 2 aromatic carbocycles. The number of carbonyl (C=O) groups excluding carboxylic acids is 1. The summed E-state index contributed by atoms with van der Waals surface area (Å²) >= 11 is 0. The van der Waals surface area contributed by atoms with E-state index in [1.165, 1.54) is 5.56 Å². The van der Waals surface area contributed by atoms with Gasteiger partial charge in [-0.05, 0) is 47.9 Å². The standard InChI is InChI=1S/C20H18N2O/c1-15-5-7-16(8-6-15)14-22-20(23)19-4-2-3-18(13-19)17-9-11-21-12-10-17/h2-13H,14H2,1H3,(H,22,23). The van der Waals surface area contributed by atoms with Crippen molar-refractivity contribution in [3.8, 4) is 11.1 Å². The predicted octanol–water partition coefficient (Wildman–Crippen LogP) is 3.99. The highest BCUT2D eigenvalue weighted by Gasteiger charge is 2.07. The summed E-state index contributed by atoms with van der Waals surface area (Å²) in [6.45, 7) is 2.57. The van der Waals surface area contributed by atoms with Gasteiger partial charge in [-0.2, -0.15) is 0 Å². The molecule has 3 heteroatoms. The second kappa shape index (κ2) is 6.88. The van der Waals surface area contributed by atoms with E-state index in [2.05, 4.69) is 10.3 Å². The summed E-state index contributed by atoms with van der Waals surface area (Å²) in [5.41, 5.74) is 5.02. The molecule has 0 fully saturated rings. The third-order valence-corrected chi connectivity index (χ3v) is 3.71. The maximum absolute atomic E-state index is 12.3. The number of aromatic nitrogens is 1. The van der Waals surface area contributed by atoms with Crippen LogP contribution >= 0.6 is 0 Å². The normalized spacial score (nSPS) is 10.3. The van der Waals surface area contributed by atoms with Gasteiger partial charge in [0, 0.05) is 24.5 Å². The number of carbonyl (C=O) groups is 1. The monoisotopic (exact) mass is 302 g/mol. The molecular weight excluding hydrogens is 284 g/mol. The maximum Gasteiger partial charge on any atom is 0.251 e. The molecule has 1 aromatic heterocycles. The van der Waals surface area contributed by atoms with Crippen LogP contribution < -0.4 is 5.32 Å². The topological polar surface area (TPSA) is 42.0 Å². The Morgan fingerprint density at radius 3 is 2.43 bits per heavy atom. The molecule has 23 heavy (non-hydrogen) atoms. The highest BCUT2D eigenvalue weighted by molar-refractivity contribution is 5.95. The zero-order chi connectivity index (χ0) is 16.1. The van der Waals surface area contributed by atoms with Gasteiger partial charge < -0.3 is 5.32 Å². The summed E-state index contributed by atoms with van der Waals surface area (Å²) in [6.07, 6.45) is 3.50. The average Bonchev–Trinajstić information content (AvgIpc) is 2.62. The molecule has 1 amide bonds. The fraction of sp³-hybridized carbons (Fsp3) is 0.100. The Labute approximate surface area is 136 Å². The molecular formula is C20H18N2O. The molecule has 0 aliphatic rings. The van der Waals surface area contributed by atoms with Gasteiger partial charge in [0.15, 0.2) is 0 Å². The lowest BCUT2D eigenvalue weighted by molar-refractivity contribution is 0.0951. The van der Waals surface area contributed by atoms with Gasteiger partial charge in [0.1, 0.15) is 0 Å². The van der Waals surface area contributed by atoms with Crippen LogP contribution in [0.2, 0.25) is 0 Å². The van der Waals surface area contributed by atoms with Crippen LogP contribution in [-0.4, -0.2) is 10.9 Å². The van der Waals surface area contributed by atoms with Crippen molar-refractivity contribution >= 4 is 5.91 Å². The van der Waals surface area contributed by atoms with Crippen molar-refractivity contribution in [3.63, 3.8) is 0 Å². The average molecular weight is 302 g/mol. The predicted molar refractivity (Wildman–Crippen MR) is 92.0 cm³/mol. The van der Waals surface area contributed by atoms with E-state index in [1.54, 1.807) is 12.4 Å². The lowest BCUT2D eigenvalue weighted by atomic mass is 10.0. The number of amides is 1. The molecule has 0 spiro atoms. The largest absolute Gasteiger partial charge is 0.348 e. The van der Waals surface area contributed by atoms with Gasteiger partial charge in [0.2, 0.25) is 0 Å². The van der Waals surface area contributed by atoms with E-state index in [9.17, 15) is 4.79 Å². The minimum atomic E-state index is -0.0681. The SMILES string of the molecule is Cc1ccc(CNC(=O)c2cccc(-c3ccncc3)c2)cc1. The van der Waals surface area contributed by atoms with Crippen LogP contribution in [0.3, 0.4) is 0 Å². The van der Waals surface area contributed by atoms with Crippen LogP contribution in [0.1, 0.15) is 21.5 Å². The van der Waals surface area contributed by atoms with Gasteiger partial charge in [0.25, 0.3) is 5.91 Å². The third kappa shape index (κ3) is 3.83. The molecule has 0 atom stereocenters. The maximum atomic E-state index is 12.3. The minimum Gasteiger partial charge on any atom is -0.348 e. The van der Waals surface area contributed by atoms with E-state index < -0.39 is 0 Å². The molecule has 0 aliphatic heterocycles. The first-order valence-electron chi connectivity index (χ1n) is 7.56. The Bertz CT molecular complexity index is 795. The van der Waals surface area contributed by atoms with Crippen molar-refractivity contribution in [2.75, 3.05) is 0 Å². The number of nitrogens with zero attached hydrogens (tertiary/aromatic N) is 1. The van der Waals surface area contributed by atoms with Gasteiger partial charge in [-0.15, -0.1) is 0 Å². The number of rotatable bonds is 4. The first kappa shape index (κ1) is 15.0. The molecule has 3 nitrogen and oxygen atoms in total. The molecule has 0 saturated carbocycles. The number of pyridine rings is 1. The van der Waals surface area contributed by atoms with Gasteiger partial charge in [-0.1, -0.05) is 42.0 Å². The molecule has 0 aliphatic carbocycles. The summed E-state index contributed by atoms with van der Waals surface area (Å²) in [4.78, 5) is 16.4. The third-order valence-electron chi connectivity index (χ3n) is 3.71. The van der Waals surface area contributed by atoms with Crippen LogP contribution in [-0.2, 0) is 6.54 Å². The molecule has 1 N–H and O–H groups in total. The minimum absolute atomic E-state index is 0.0681. The Kier molecular flexibility index (Phi) is 4.48. The Balaban J connectivity index is 1.71. The van der Waals surface area contributed by atoms with Gasteiger partial charge in [-0.3, -0.25) is 9.78 Å². The van der Waals surface area contributed by atoms with Crippen LogP contribution in [0, 0.1) is 6.92 Å². The first-order chi connectivity index (χ1) is 11.2. The highest BCUT2D eigenvalue weighted by Crippen LogP contribution is 2.19. The summed E-state index contributed by atoms with van der Waals surface area (Å²) in [7, 11) is 0. The van der Waals surface area contributed by atoms with E-state index >= 15 is 0 Å². The lowest BCUT2D eigenvalue weighted by Crippen LogP contribution is -2.22. The Morgan fingerprint density at radius 1 is 0.957 bits per heavy atom. The molecule has 0 bridgehead atoms. The molecule has 0 saturated heterocycles. The zero-order valence-corrected chi connectivity index (χ0v) is 13.0. The highest BCUT2D eigenvalue weighted by atomic mass is 16.1. The summed E-state index contributed by atoms with van der Waals surface area (Å²) in [6, 6.07) is 19.6. The summed E-state index contributed by atoms with van der Waals surface area (Å²) < 4.78 is 0. The quantitative estimate of drug-likeness (QED) is 0.792. The van der Waals surface area contributed by atoms with Crippen molar-refractivity contribution in [1.29, 1.82) is 0 Å². The number of nitrogens with one attached hydrogen (secondary N) is 1. The lowest BCUT2D eigenvalue weighted by Gasteiger charge is -2.08. The molecule has 1 heterocycles. The van der Waals surface area contributed by atoms with Crippen molar-refractivity contribution in [1.82, 2.24) is 10.3 Å². The van der Waals surface area contributed by atoms with Crippen molar-refractivity contribution < 1.29 is 4.79 Å². The zero-order valence-electron chi connectivity index (χ0n) is 13.0. The van der Waals surface area contributed by atoms with Crippen LogP contribution in [0.25, 0.3) is 11.1 Å². The van der Waals surface area contributed by atoms with Gasteiger partial charge in [0.05, 0.1) is 0 Å². The van der Waals surface area contributed by atoms with Crippen LogP contribution in [0.15, 0.2) is 73.1 Å². The number of aryl methyl sites for hydroxylation is 1. The first-order valence-corrected chi connectivity index (χ1v) is 7.56. The Hall–Kier alpha value is -2.94. The van der Waals surface area contributed by atoms with E-state index in [4.69, 9.17) is 0 Å². The summed E-state index contributed by atoms with van der Waals surface area (Å²) in [5.74, 6) is -0.0681. The van der Waals surface area contributed by atoms with E-state index in [1.807, 2.05) is 67.6 Å². The van der Waals surface area contributed by atoms with Gasteiger partial charge in [-0.25, -0.2) is 0 Å². The van der Waals surface area contributed by atoms with E-state index in [-0.39, 0.29) is 5.91 Å². The molecule has 3 aromatic rings. The van der Waals surface area contributed by atoms with Crippen molar-refractivity contribution in [2.45, 2.75) is 13.5 Å². The molecule has 0 unspecified atom stereocenters. The fourth-order valence-corrected chi connectivity index (χ4v) is 2.37. The van der Waals surface area contributed by atoms with Gasteiger partial charge >= 0.3 is 0 Å². The molecule has 3 rings (SSSR count). The molecule has 0 radical (unpaired) electrons. The van der Waals surface area contributed by atoms with Crippen LogP contribution in [0.4, 0.5) is 0 Å². The van der Waals surface area contributed by atoms with Crippen molar-refractivity contribution in [2.24, 2.45) is 0 Å². The summed E-state index contributed by atoms with van der Waals surface area (Å²) in [5, 5.41) is 2.96. The number of benzene rings is 2. The smallest absolute Gasteiger partial charge is 0.251 e. The number of hydrogen-bond donors (Lipinski definition) is 1.